The van der Waals surface area contributed by atoms with E-state index in [4.69, 9.17) is 14.6 Å². The lowest BCUT2D eigenvalue weighted by Gasteiger charge is -2.16. The summed E-state index contributed by atoms with van der Waals surface area (Å²) in [5.74, 6) is -0.936. The number of carbonyl (C=O) groups is 2. The molecule has 8 nitrogen and oxygen atoms in total. The summed E-state index contributed by atoms with van der Waals surface area (Å²) in [7, 11) is -2.51. The normalized spacial score (nSPS) is 12.2. The summed E-state index contributed by atoms with van der Waals surface area (Å²) in [5, 5.41) is 7.79. The van der Waals surface area contributed by atoms with Crippen LogP contribution in [0.25, 0.3) is 0 Å². The number of hydrogen-bond acceptors (Lipinski definition) is 6. The standard InChI is InChI=1S/C19H22N2O6S/c1-11-5-8-16(26-4)15(9-11)21-18(22)13(3)27-19(23)14-7-6-12(2)17(10-14)28(20,24)25/h5-10,13H,1-4H3,(H,21,22)(H2,20,24,25). The number of methoxy groups -OCH3 is 1. The van der Waals surface area contributed by atoms with Gasteiger partial charge in [-0.15, -0.1) is 0 Å². The summed E-state index contributed by atoms with van der Waals surface area (Å²) in [6.45, 7) is 4.82. The minimum atomic E-state index is -3.99. The molecular weight excluding hydrogens is 384 g/mol. The zero-order chi connectivity index (χ0) is 21.1. The summed E-state index contributed by atoms with van der Waals surface area (Å²) in [5.41, 5.74) is 1.73. The Labute approximate surface area is 163 Å². The molecule has 0 saturated heterocycles. The molecule has 0 spiro atoms. The number of nitrogens with two attached hydrogens (primary N) is 1. The number of amides is 1. The predicted molar refractivity (Wildman–Crippen MR) is 104 cm³/mol. The Morgan fingerprint density at radius 3 is 2.39 bits per heavy atom. The van der Waals surface area contributed by atoms with Crippen molar-refractivity contribution in [3.63, 3.8) is 0 Å². The van der Waals surface area contributed by atoms with Crippen molar-refractivity contribution in [1.29, 1.82) is 0 Å². The summed E-state index contributed by atoms with van der Waals surface area (Å²) in [6, 6.07) is 9.24. The van der Waals surface area contributed by atoms with Crippen molar-refractivity contribution in [2.24, 2.45) is 5.14 Å². The van der Waals surface area contributed by atoms with E-state index in [1.165, 1.54) is 26.2 Å². The van der Waals surface area contributed by atoms with Gasteiger partial charge in [-0.25, -0.2) is 18.4 Å². The molecule has 0 bridgehead atoms. The number of rotatable bonds is 6. The number of nitrogens with one attached hydrogen (secondary N) is 1. The number of aryl methyl sites for hydroxylation is 2. The minimum absolute atomic E-state index is 0.0255. The average Bonchev–Trinajstić information content (AvgIpc) is 2.61. The number of hydrogen-bond donors (Lipinski definition) is 2. The number of anilines is 1. The van der Waals surface area contributed by atoms with Crippen LogP contribution in [-0.2, 0) is 19.6 Å². The number of primary sulfonamides is 1. The summed E-state index contributed by atoms with van der Waals surface area (Å²) in [4.78, 5) is 24.5. The van der Waals surface area contributed by atoms with Crippen molar-refractivity contribution in [1.82, 2.24) is 0 Å². The van der Waals surface area contributed by atoms with Crippen LogP contribution in [0.3, 0.4) is 0 Å². The van der Waals surface area contributed by atoms with Crippen LogP contribution in [0.1, 0.15) is 28.4 Å². The molecule has 3 N–H and O–H groups in total. The van der Waals surface area contributed by atoms with Crippen LogP contribution < -0.4 is 15.2 Å². The van der Waals surface area contributed by atoms with E-state index < -0.39 is 28.0 Å². The van der Waals surface area contributed by atoms with Crippen LogP contribution in [0.5, 0.6) is 5.75 Å². The molecule has 2 aromatic rings. The van der Waals surface area contributed by atoms with Crippen molar-refractivity contribution in [2.45, 2.75) is 31.8 Å². The molecule has 2 rings (SSSR count). The smallest absolute Gasteiger partial charge is 0.338 e. The fourth-order valence-corrected chi connectivity index (χ4v) is 3.28. The Balaban J connectivity index is 2.14. The Morgan fingerprint density at radius 1 is 1.11 bits per heavy atom. The lowest BCUT2D eigenvalue weighted by molar-refractivity contribution is -0.123. The molecule has 150 valence electrons. The maximum absolute atomic E-state index is 12.4. The summed E-state index contributed by atoms with van der Waals surface area (Å²) in [6.07, 6.45) is -1.13. The molecule has 1 unspecified atom stereocenters. The van der Waals surface area contributed by atoms with E-state index in [1.807, 2.05) is 13.0 Å². The van der Waals surface area contributed by atoms with Gasteiger partial charge < -0.3 is 14.8 Å². The molecule has 0 aliphatic heterocycles. The number of carbonyl (C=O) groups excluding carboxylic acids is 2. The van der Waals surface area contributed by atoms with Gasteiger partial charge in [0, 0.05) is 0 Å². The van der Waals surface area contributed by atoms with Gasteiger partial charge in [0.1, 0.15) is 5.75 Å². The van der Waals surface area contributed by atoms with E-state index >= 15 is 0 Å². The maximum Gasteiger partial charge on any atom is 0.338 e. The molecular formula is C19H22N2O6S. The molecule has 0 aromatic heterocycles. The Hall–Kier alpha value is -2.91. The van der Waals surface area contributed by atoms with Gasteiger partial charge >= 0.3 is 5.97 Å². The quantitative estimate of drug-likeness (QED) is 0.708. The Morgan fingerprint density at radius 2 is 1.79 bits per heavy atom. The van der Waals surface area contributed by atoms with E-state index in [1.54, 1.807) is 19.1 Å². The van der Waals surface area contributed by atoms with Crippen LogP contribution in [-0.4, -0.2) is 33.5 Å². The molecule has 28 heavy (non-hydrogen) atoms. The molecule has 1 amide bonds. The molecule has 0 radical (unpaired) electrons. The largest absolute Gasteiger partial charge is 0.495 e. The first-order valence-corrected chi connectivity index (χ1v) is 9.87. The molecule has 1 atom stereocenters. The highest BCUT2D eigenvalue weighted by molar-refractivity contribution is 7.89. The van der Waals surface area contributed by atoms with E-state index in [0.29, 0.717) is 17.0 Å². The fourth-order valence-electron chi connectivity index (χ4n) is 2.47. The van der Waals surface area contributed by atoms with Gasteiger partial charge in [-0.3, -0.25) is 4.79 Å². The number of ether oxygens (including phenoxy) is 2. The van der Waals surface area contributed by atoms with Gasteiger partial charge in [-0.05, 0) is 56.2 Å². The third kappa shape index (κ3) is 5.08. The highest BCUT2D eigenvalue weighted by Crippen LogP contribution is 2.25. The van der Waals surface area contributed by atoms with E-state index in [2.05, 4.69) is 5.32 Å². The number of benzene rings is 2. The number of sulfonamides is 1. The lowest BCUT2D eigenvalue weighted by atomic mass is 10.1. The number of esters is 1. The third-order valence-corrected chi connectivity index (χ3v) is 5.05. The van der Waals surface area contributed by atoms with Gasteiger partial charge in [-0.1, -0.05) is 12.1 Å². The minimum Gasteiger partial charge on any atom is -0.495 e. The highest BCUT2D eigenvalue weighted by atomic mass is 32.2. The first-order chi connectivity index (χ1) is 13.0. The highest BCUT2D eigenvalue weighted by Gasteiger charge is 2.22. The third-order valence-electron chi connectivity index (χ3n) is 4.00. The topological polar surface area (TPSA) is 125 Å². The fraction of sp³-hybridized carbons (Fsp3) is 0.263. The van der Waals surface area contributed by atoms with Gasteiger partial charge in [0.05, 0.1) is 23.3 Å². The van der Waals surface area contributed by atoms with Crippen molar-refractivity contribution in [3.8, 4) is 5.75 Å². The van der Waals surface area contributed by atoms with Crippen molar-refractivity contribution >= 4 is 27.6 Å². The van der Waals surface area contributed by atoms with Gasteiger partial charge in [-0.2, -0.15) is 0 Å². The molecule has 0 aliphatic rings. The molecule has 9 heteroatoms. The van der Waals surface area contributed by atoms with Crippen molar-refractivity contribution in [3.05, 3.63) is 53.1 Å². The SMILES string of the molecule is COc1ccc(C)cc1NC(=O)C(C)OC(=O)c1ccc(C)c(S(N)(=O)=O)c1. The second-order valence-corrected chi connectivity index (χ2v) is 7.80. The van der Waals surface area contributed by atoms with Crippen LogP contribution in [0.4, 0.5) is 5.69 Å². The maximum atomic E-state index is 12.4. The molecule has 0 aliphatic carbocycles. The lowest BCUT2D eigenvalue weighted by Crippen LogP contribution is -2.30. The first kappa shape index (κ1) is 21.4. The predicted octanol–water partition coefficient (Wildman–Crippen LogP) is 2.14. The van der Waals surface area contributed by atoms with Crippen LogP contribution in [0.15, 0.2) is 41.3 Å². The van der Waals surface area contributed by atoms with Gasteiger partial charge in [0.15, 0.2) is 6.10 Å². The first-order valence-electron chi connectivity index (χ1n) is 8.33. The zero-order valence-electron chi connectivity index (χ0n) is 16.0. The van der Waals surface area contributed by atoms with Crippen LogP contribution >= 0.6 is 0 Å². The summed E-state index contributed by atoms with van der Waals surface area (Å²) < 4.78 is 33.6. The van der Waals surface area contributed by atoms with Gasteiger partial charge in [0.2, 0.25) is 10.0 Å². The Bertz CT molecular complexity index is 1020. The molecule has 0 fully saturated rings. The second-order valence-electron chi connectivity index (χ2n) is 6.27. The van der Waals surface area contributed by atoms with E-state index in [0.717, 1.165) is 11.6 Å². The average molecular weight is 406 g/mol. The van der Waals surface area contributed by atoms with Crippen molar-refractivity contribution in [2.75, 3.05) is 12.4 Å². The zero-order valence-corrected chi connectivity index (χ0v) is 16.8. The van der Waals surface area contributed by atoms with Crippen LogP contribution in [0.2, 0.25) is 0 Å². The Kier molecular flexibility index (Phi) is 6.42. The molecule has 0 saturated carbocycles. The summed E-state index contributed by atoms with van der Waals surface area (Å²) >= 11 is 0. The van der Waals surface area contributed by atoms with Gasteiger partial charge in [0.25, 0.3) is 5.91 Å². The van der Waals surface area contributed by atoms with E-state index in [-0.39, 0.29) is 10.5 Å². The van der Waals surface area contributed by atoms with Crippen molar-refractivity contribution < 1.29 is 27.5 Å². The molecule has 2 aromatic carbocycles. The molecule has 0 heterocycles. The monoisotopic (exact) mass is 406 g/mol. The second kappa shape index (κ2) is 8.41. The van der Waals surface area contributed by atoms with E-state index in [9.17, 15) is 18.0 Å². The van der Waals surface area contributed by atoms with Crippen LogP contribution in [0, 0.1) is 13.8 Å².